The van der Waals surface area contributed by atoms with Crippen LogP contribution < -0.4 is 10.0 Å². The average Bonchev–Trinajstić information content (AvgIpc) is 3.70. The van der Waals surface area contributed by atoms with E-state index in [1.807, 2.05) is 104 Å². The molecule has 56 heavy (non-hydrogen) atoms. The number of thioether (sulfide) groups is 1. The van der Waals surface area contributed by atoms with Gasteiger partial charge in [0.1, 0.15) is 6.04 Å². The second-order valence-electron chi connectivity index (χ2n) is 13.6. The Kier molecular flexibility index (Phi) is 12.3. The lowest BCUT2D eigenvalue weighted by Crippen LogP contribution is -2.45. The second-order valence-corrected chi connectivity index (χ2v) is 16.3. The highest BCUT2D eigenvalue weighted by atomic mass is 32.2. The number of aliphatic hydroxyl groups is 1. The highest BCUT2D eigenvalue weighted by Gasteiger charge is 2.39. The predicted octanol–water partition coefficient (Wildman–Crippen LogP) is 6.58. The average molecular weight is 791 g/mol. The van der Waals surface area contributed by atoms with Gasteiger partial charge in [-0.25, -0.2) is 8.42 Å². The summed E-state index contributed by atoms with van der Waals surface area (Å²) in [5.41, 5.74) is 5.55. The molecule has 2 heterocycles. The van der Waals surface area contributed by atoms with Crippen LogP contribution in [0, 0.1) is 12.8 Å². The van der Waals surface area contributed by atoms with Crippen molar-refractivity contribution in [2.45, 2.75) is 61.5 Å². The normalized spacial score (nSPS) is 19.0. The van der Waals surface area contributed by atoms with Gasteiger partial charge in [0.05, 0.1) is 29.4 Å². The van der Waals surface area contributed by atoms with E-state index < -0.39 is 28.3 Å². The van der Waals surface area contributed by atoms with Crippen LogP contribution in [-0.4, -0.2) is 57.5 Å². The van der Waals surface area contributed by atoms with E-state index in [0.717, 1.165) is 33.5 Å². The molecule has 1 aromatic heterocycles. The minimum Gasteiger partial charge on any atom is -0.392 e. The van der Waals surface area contributed by atoms with Crippen LogP contribution >= 0.6 is 11.8 Å². The van der Waals surface area contributed by atoms with Crippen LogP contribution in [0.5, 0.6) is 0 Å². The van der Waals surface area contributed by atoms with Gasteiger partial charge in [0.15, 0.2) is 6.29 Å². The third kappa shape index (κ3) is 9.41. The van der Waals surface area contributed by atoms with Crippen molar-refractivity contribution in [3.8, 4) is 5.69 Å². The fourth-order valence-electron chi connectivity index (χ4n) is 6.43. The zero-order valence-electron chi connectivity index (χ0n) is 30.8. The lowest BCUT2D eigenvalue weighted by atomic mass is 9.91. The molecule has 0 saturated carbocycles. The third-order valence-corrected chi connectivity index (χ3v) is 12.1. The van der Waals surface area contributed by atoms with E-state index in [9.17, 15) is 18.3 Å². The molecule has 288 valence electrons. The number of ether oxygens (including phenoxy) is 2. The summed E-state index contributed by atoms with van der Waals surface area (Å²) in [5.74, 6) is -0.0317. The van der Waals surface area contributed by atoms with Gasteiger partial charge in [0.25, 0.3) is 0 Å². The Labute approximate surface area is 330 Å². The fourth-order valence-corrected chi connectivity index (χ4v) is 8.68. The minimum atomic E-state index is -4.00. The van der Waals surface area contributed by atoms with Gasteiger partial charge < -0.3 is 19.9 Å². The summed E-state index contributed by atoms with van der Waals surface area (Å²) in [6.45, 7) is 3.90. The van der Waals surface area contributed by atoms with E-state index in [0.29, 0.717) is 16.6 Å². The van der Waals surface area contributed by atoms with Gasteiger partial charge in [-0.2, -0.15) is 9.40 Å². The Morgan fingerprint density at radius 2 is 1.50 bits per heavy atom. The van der Waals surface area contributed by atoms with Gasteiger partial charge in [0, 0.05) is 22.9 Å². The number of anilines is 1. The third-order valence-electron chi connectivity index (χ3n) is 9.62. The van der Waals surface area contributed by atoms with Crippen molar-refractivity contribution in [2.24, 2.45) is 5.92 Å². The summed E-state index contributed by atoms with van der Waals surface area (Å²) in [6.07, 6.45) is -1.21. The predicted molar refractivity (Wildman–Crippen MR) is 213 cm³/mol. The molecule has 5 atom stereocenters. The molecule has 1 aliphatic rings. The summed E-state index contributed by atoms with van der Waals surface area (Å²) in [6, 6.07) is 39.2. The summed E-state index contributed by atoms with van der Waals surface area (Å²) >= 11 is 1.49. The molecule has 14 heteroatoms. The lowest BCUT2D eigenvalue weighted by Gasteiger charge is -2.41. The molecule has 6 aromatic rings. The number of aromatic nitrogens is 4. The molecule has 0 spiro atoms. The van der Waals surface area contributed by atoms with Crippen molar-refractivity contribution in [2.75, 3.05) is 11.1 Å². The van der Waals surface area contributed by atoms with Crippen molar-refractivity contribution in [3.05, 3.63) is 161 Å². The van der Waals surface area contributed by atoms with Gasteiger partial charge >= 0.3 is 0 Å². The van der Waals surface area contributed by atoms with Gasteiger partial charge in [-0.15, -0.1) is 5.10 Å². The van der Waals surface area contributed by atoms with Crippen LogP contribution in [0.15, 0.2) is 144 Å². The van der Waals surface area contributed by atoms with E-state index in [2.05, 4.69) is 32.5 Å². The van der Waals surface area contributed by atoms with Gasteiger partial charge in [-0.3, -0.25) is 4.79 Å². The van der Waals surface area contributed by atoms with Crippen LogP contribution in [0.2, 0.25) is 0 Å². The molecule has 1 aliphatic heterocycles. The molecular weight excluding hydrogens is 749 g/mol. The molecule has 3 N–H and O–H groups in total. The van der Waals surface area contributed by atoms with Gasteiger partial charge in [-0.1, -0.05) is 121 Å². The Bertz CT molecular complexity index is 2310. The molecule has 1 saturated heterocycles. The van der Waals surface area contributed by atoms with Crippen LogP contribution in [0.1, 0.15) is 47.1 Å². The Morgan fingerprint density at radius 1 is 0.839 bits per heavy atom. The van der Waals surface area contributed by atoms with E-state index in [-0.39, 0.29) is 36.0 Å². The Hall–Kier alpha value is -5.22. The smallest absolute Gasteiger partial charge is 0.242 e. The maximum absolute atomic E-state index is 13.8. The number of aryl methyl sites for hydroxylation is 1. The van der Waals surface area contributed by atoms with Crippen molar-refractivity contribution >= 4 is 33.4 Å². The number of benzene rings is 5. The fraction of sp³-hybridized carbons (Fsp3) is 0.238. The van der Waals surface area contributed by atoms with E-state index >= 15 is 0 Å². The number of amides is 1. The number of nitrogens with zero attached hydrogens (tertiary/aromatic N) is 4. The number of hydrogen-bond acceptors (Lipinski definition) is 10. The SMILES string of the molecule is Cc1ccc(S(=O)(=O)NC(Cc2ccccc2)C(=O)Nc2ccc(C3OC(CSc4nnnn4-c4ccccc4)C(C)C(c4ccc(CO)cc4)O3)cc2)cc1. The molecular formula is C42H42N6O6S2. The number of carbonyl (C=O) groups excluding carboxylic acids is 1. The molecule has 0 bridgehead atoms. The quantitative estimate of drug-likeness (QED) is 0.103. The van der Waals surface area contributed by atoms with Crippen LogP contribution in [0.25, 0.3) is 5.69 Å². The maximum atomic E-state index is 13.8. The highest BCUT2D eigenvalue weighted by molar-refractivity contribution is 7.99. The maximum Gasteiger partial charge on any atom is 0.242 e. The van der Waals surface area contributed by atoms with Crippen molar-refractivity contribution < 1.29 is 27.8 Å². The number of hydrogen-bond donors (Lipinski definition) is 3. The molecule has 0 radical (unpaired) electrons. The lowest BCUT2D eigenvalue weighted by molar-refractivity contribution is -0.268. The molecule has 7 rings (SSSR count). The first-order valence-electron chi connectivity index (χ1n) is 18.2. The first-order valence-corrected chi connectivity index (χ1v) is 20.6. The summed E-state index contributed by atoms with van der Waals surface area (Å²) < 4.78 is 44.3. The van der Waals surface area contributed by atoms with Crippen LogP contribution in [-0.2, 0) is 37.3 Å². The van der Waals surface area contributed by atoms with Crippen LogP contribution in [0.4, 0.5) is 5.69 Å². The molecule has 5 unspecified atom stereocenters. The van der Waals surface area contributed by atoms with E-state index in [4.69, 9.17) is 9.47 Å². The number of carbonyl (C=O) groups is 1. The molecule has 5 aromatic carbocycles. The van der Waals surface area contributed by atoms with Crippen molar-refractivity contribution in [1.82, 2.24) is 24.9 Å². The minimum absolute atomic E-state index is 0.0585. The number of aliphatic hydroxyl groups excluding tert-OH is 1. The van der Waals surface area contributed by atoms with E-state index in [1.165, 1.54) is 23.9 Å². The van der Waals surface area contributed by atoms with E-state index in [1.54, 1.807) is 28.9 Å². The first kappa shape index (κ1) is 39.0. The number of tetrazole rings is 1. The molecule has 1 amide bonds. The van der Waals surface area contributed by atoms with Crippen molar-refractivity contribution in [3.63, 3.8) is 0 Å². The number of nitrogens with one attached hydrogen (secondary N) is 2. The summed E-state index contributed by atoms with van der Waals surface area (Å²) in [4.78, 5) is 13.8. The topological polar surface area (TPSA) is 158 Å². The molecule has 12 nitrogen and oxygen atoms in total. The zero-order chi connectivity index (χ0) is 39.1. The molecule has 0 aliphatic carbocycles. The highest BCUT2D eigenvalue weighted by Crippen LogP contribution is 2.43. The monoisotopic (exact) mass is 790 g/mol. The first-order chi connectivity index (χ1) is 27.2. The summed E-state index contributed by atoms with van der Waals surface area (Å²) in [7, 11) is -4.00. The zero-order valence-corrected chi connectivity index (χ0v) is 32.4. The molecule has 1 fully saturated rings. The van der Waals surface area contributed by atoms with Gasteiger partial charge in [0.2, 0.25) is 21.1 Å². The Morgan fingerprint density at radius 3 is 2.18 bits per heavy atom. The van der Waals surface area contributed by atoms with Crippen LogP contribution in [0.3, 0.4) is 0 Å². The van der Waals surface area contributed by atoms with Crippen molar-refractivity contribution in [1.29, 1.82) is 0 Å². The number of sulfonamides is 1. The largest absolute Gasteiger partial charge is 0.392 e. The second kappa shape index (κ2) is 17.7. The Balaban J connectivity index is 1.09. The van der Waals surface area contributed by atoms with Gasteiger partial charge in [-0.05, 0) is 76.9 Å². The number of rotatable bonds is 14. The summed E-state index contributed by atoms with van der Waals surface area (Å²) in [5, 5.41) is 25.5. The number of para-hydroxylation sites is 1. The standard InChI is InChI=1S/C42H42N6O6S2/c1-28-13-23-36(24-14-28)56(51,52)45-37(25-30-9-5-3-6-10-30)40(50)43-34-21-19-33(20-22-34)41-53-38(29(2)39(54-41)32-17-15-31(26-49)16-18-32)27-55-42-44-46-47-48(42)35-11-7-4-8-12-35/h3-24,29,37-39,41,45,49H,25-27H2,1-2H3,(H,43,50).